The summed E-state index contributed by atoms with van der Waals surface area (Å²) in [4.78, 5) is 55.0. The van der Waals surface area contributed by atoms with Gasteiger partial charge in [0.2, 0.25) is 11.8 Å². The normalized spacial score (nSPS) is 23.2. The van der Waals surface area contributed by atoms with E-state index in [9.17, 15) is 32.7 Å². The Morgan fingerprint density at radius 3 is 2.39 bits per heavy atom. The number of carbonyl (C=O) groups is 4. The predicted octanol–water partition coefficient (Wildman–Crippen LogP) is 0.0188. The summed E-state index contributed by atoms with van der Waals surface area (Å²) >= 11 is 1.24. The summed E-state index contributed by atoms with van der Waals surface area (Å²) in [7, 11) is -4.54. The second-order valence-electron chi connectivity index (χ2n) is 8.70. The number of β-lactam (4-membered cyclic amide) rings is 1. The molecule has 4 N–H and O–H groups in total. The Kier molecular flexibility index (Phi) is 6.77. The minimum absolute atomic E-state index is 0.141. The Balaban J connectivity index is 1.52. The number of carboxylic acids is 1. The van der Waals surface area contributed by atoms with Gasteiger partial charge in [-0.15, -0.1) is 11.8 Å². The number of hydrogen-bond acceptors (Lipinski definition) is 8. The Hall–Kier alpha value is -3.49. The lowest BCUT2D eigenvalue weighted by molar-refractivity contribution is -0.161. The minimum atomic E-state index is -4.54. The zero-order valence-electron chi connectivity index (χ0n) is 19.1. The number of thioether (sulfide) groups is 1. The van der Waals surface area contributed by atoms with Gasteiger partial charge in [-0.2, -0.15) is 13.1 Å². The summed E-state index contributed by atoms with van der Waals surface area (Å²) in [6.45, 7) is 3.40. The number of carbonyl (C=O) groups excluding carboxylic acids is 3. The highest BCUT2D eigenvalue weighted by molar-refractivity contribution is 8.01. The molecule has 0 saturated carbocycles. The predicted molar refractivity (Wildman–Crippen MR) is 129 cm³/mol. The van der Waals surface area contributed by atoms with Crippen molar-refractivity contribution in [1.82, 2.24) is 24.6 Å². The summed E-state index contributed by atoms with van der Waals surface area (Å²) < 4.78 is 28.6. The smallest absolute Gasteiger partial charge is 0.327 e. The van der Waals surface area contributed by atoms with Gasteiger partial charge < -0.3 is 15.3 Å². The molecular formula is C22H23N5O7S2. The molecule has 2 fully saturated rings. The van der Waals surface area contributed by atoms with E-state index in [1.807, 2.05) is 4.72 Å². The fraction of sp³-hybridized carbons (Fsp3) is 0.318. The molecule has 4 rings (SSSR count). The molecule has 2 aromatic rings. The highest BCUT2D eigenvalue weighted by Crippen LogP contribution is 2.50. The van der Waals surface area contributed by atoms with E-state index in [0.717, 1.165) is 0 Å². The van der Waals surface area contributed by atoms with Crippen molar-refractivity contribution in [2.45, 2.75) is 42.1 Å². The van der Waals surface area contributed by atoms with Crippen molar-refractivity contribution in [3.05, 3.63) is 66.0 Å². The zero-order chi connectivity index (χ0) is 26.3. The van der Waals surface area contributed by atoms with E-state index in [1.165, 1.54) is 47.1 Å². The summed E-state index contributed by atoms with van der Waals surface area (Å²) in [6, 6.07) is 8.70. The van der Waals surface area contributed by atoms with Crippen LogP contribution in [0.3, 0.4) is 0 Å². The van der Waals surface area contributed by atoms with Crippen molar-refractivity contribution in [2.75, 3.05) is 0 Å². The molecule has 4 atom stereocenters. The van der Waals surface area contributed by atoms with Crippen LogP contribution >= 0.6 is 11.8 Å². The lowest BCUT2D eigenvalue weighted by Gasteiger charge is -2.44. The van der Waals surface area contributed by atoms with Crippen LogP contribution < -0.4 is 14.8 Å². The number of hydrogen-bond donors (Lipinski definition) is 4. The third-order valence-corrected chi connectivity index (χ3v) is 8.34. The largest absolute Gasteiger partial charge is 0.480 e. The molecule has 1 aromatic heterocycles. The van der Waals surface area contributed by atoms with Gasteiger partial charge in [-0.05, 0) is 31.5 Å². The van der Waals surface area contributed by atoms with E-state index in [2.05, 4.69) is 15.0 Å². The number of aliphatic carboxylic acids is 1. The van der Waals surface area contributed by atoms with E-state index in [4.69, 9.17) is 0 Å². The molecule has 3 heterocycles. The first-order valence-electron chi connectivity index (χ1n) is 10.7. The van der Waals surface area contributed by atoms with Crippen LogP contribution in [0, 0.1) is 0 Å². The SMILES string of the molecule is CC1(C)S[C@@H]2[C@H](NC(=O)C(NS(=O)(=O)NC(=O)c3ccccn3)c3ccccc3)C(=O)N2[C@H]1C(=O)O. The molecule has 1 aromatic carbocycles. The first kappa shape index (κ1) is 25.6. The van der Waals surface area contributed by atoms with Gasteiger partial charge >= 0.3 is 16.2 Å². The van der Waals surface area contributed by atoms with Gasteiger partial charge in [0.05, 0.1) is 0 Å². The van der Waals surface area contributed by atoms with Crippen LogP contribution in [-0.4, -0.2) is 69.3 Å². The van der Waals surface area contributed by atoms with Crippen LogP contribution in [0.2, 0.25) is 0 Å². The first-order chi connectivity index (χ1) is 16.9. The van der Waals surface area contributed by atoms with E-state index in [0.29, 0.717) is 0 Å². The molecule has 0 aliphatic carbocycles. The molecule has 190 valence electrons. The molecular weight excluding hydrogens is 510 g/mol. The number of amides is 3. The van der Waals surface area contributed by atoms with Crippen LogP contribution in [0.5, 0.6) is 0 Å². The monoisotopic (exact) mass is 533 g/mol. The Labute approximate surface area is 211 Å². The second-order valence-corrected chi connectivity index (χ2v) is 11.9. The van der Waals surface area contributed by atoms with Crippen molar-refractivity contribution in [3.63, 3.8) is 0 Å². The van der Waals surface area contributed by atoms with Crippen molar-refractivity contribution in [1.29, 1.82) is 0 Å². The number of nitrogens with zero attached hydrogens (tertiary/aromatic N) is 2. The lowest BCUT2D eigenvalue weighted by Crippen LogP contribution is -2.71. The maximum absolute atomic E-state index is 13.2. The molecule has 2 saturated heterocycles. The minimum Gasteiger partial charge on any atom is -0.480 e. The topological polar surface area (TPSA) is 175 Å². The van der Waals surface area contributed by atoms with Gasteiger partial charge in [0, 0.05) is 10.9 Å². The third kappa shape index (κ3) is 4.92. The molecule has 2 aliphatic heterocycles. The number of aromatic nitrogens is 1. The molecule has 0 bridgehead atoms. The lowest BCUT2D eigenvalue weighted by atomic mass is 9.95. The molecule has 12 nitrogen and oxygen atoms in total. The Morgan fingerprint density at radius 2 is 1.78 bits per heavy atom. The van der Waals surface area contributed by atoms with E-state index in [1.54, 1.807) is 38.1 Å². The number of fused-ring (bicyclic) bond motifs is 1. The molecule has 0 spiro atoms. The highest BCUT2D eigenvalue weighted by Gasteiger charge is 2.64. The van der Waals surface area contributed by atoms with Gasteiger partial charge in [0.1, 0.15) is 29.2 Å². The molecule has 1 unspecified atom stereocenters. The number of pyridine rings is 1. The van der Waals surface area contributed by atoms with Gasteiger partial charge in [-0.1, -0.05) is 36.4 Å². The average Bonchev–Trinajstić information content (AvgIpc) is 3.09. The van der Waals surface area contributed by atoms with E-state index in [-0.39, 0.29) is 11.3 Å². The van der Waals surface area contributed by atoms with Crippen LogP contribution in [0.25, 0.3) is 0 Å². The summed E-state index contributed by atoms with van der Waals surface area (Å²) in [6.07, 6.45) is 1.32. The van der Waals surface area contributed by atoms with Crippen LogP contribution in [0.1, 0.15) is 35.9 Å². The average molecular weight is 534 g/mol. The highest BCUT2D eigenvalue weighted by atomic mass is 32.2. The Bertz CT molecular complexity index is 1300. The summed E-state index contributed by atoms with van der Waals surface area (Å²) in [5.41, 5.74) is 0.120. The van der Waals surface area contributed by atoms with Crippen LogP contribution in [0.4, 0.5) is 0 Å². The van der Waals surface area contributed by atoms with Crippen LogP contribution in [0.15, 0.2) is 54.7 Å². The first-order valence-corrected chi connectivity index (χ1v) is 13.1. The van der Waals surface area contributed by atoms with Crippen molar-refractivity contribution >= 4 is 45.7 Å². The number of rotatable bonds is 8. The number of benzene rings is 1. The maximum atomic E-state index is 13.2. The quantitative estimate of drug-likeness (QED) is 0.341. The summed E-state index contributed by atoms with van der Waals surface area (Å²) in [5, 5.41) is 11.5. The molecule has 36 heavy (non-hydrogen) atoms. The second kappa shape index (κ2) is 9.52. The van der Waals surface area contributed by atoms with Crippen molar-refractivity contribution in [3.8, 4) is 0 Å². The van der Waals surface area contributed by atoms with Crippen molar-refractivity contribution < 1.29 is 32.7 Å². The summed E-state index contributed by atoms with van der Waals surface area (Å²) in [5.74, 6) is -3.56. The fourth-order valence-corrected chi connectivity index (χ4v) is 6.74. The maximum Gasteiger partial charge on any atom is 0.327 e. The Morgan fingerprint density at radius 1 is 1.11 bits per heavy atom. The fourth-order valence-electron chi connectivity index (χ4n) is 4.16. The zero-order valence-corrected chi connectivity index (χ0v) is 20.7. The molecule has 3 amide bonds. The van der Waals surface area contributed by atoms with Gasteiger partial charge in [0.25, 0.3) is 5.91 Å². The number of carboxylic acid groups (broad SMARTS) is 1. The van der Waals surface area contributed by atoms with Gasteiger partial charge in [0.15, 0.2) is 0 Å². The van der Waals surface area contributed by atoms with Gasteiger partial charge in [-0.25, -0.2) is 9.52 Å². The van der Waals surface area contributed by atoms with Crippen LogP contribution in [-0.2, 0) is 24.6 Å². The van der Waals surface area contributed by atoms with Crippen molar-refractivity contribution in [2.24, 2.45) is 0 Å². The number of nitrogens with one attached hydrogen (secondary N) is 3. The van der Waals surface area contributed by atoms with E-state index >= 15 is 0 Å². The van der Waals surface area contributed by atoms with Gasteiger partial charge in [-0.3, -0.25) is 19.4 Å². The van der Waals surface area contributed by atoms with E-state index < -0.39 is 62.1 Å². The molecule has 2 aliphatic rings. The molecule has 14 heteroatoms. The molecule has 0 radical (unpaired) electrons. The third-order valence-electron chi connectivity index (χ3n) is 5.77. The standard InChI is InChI=1S/C22H23N5O7S2/c1-22(2)16(21(31)32)27-19(30)15(20(27)35-22)24-18(29)14(12-8-4-3-5-9-12)25-36(33,34)26-17(28)13-10-6-7-11-23-13/h3-11,14-16,20,25H,1-2H3,(H,24,29)(H,26,28)(H,31,32)/t14?,15-,16+,20-/m1/s1.